The number of nitriles is 1. The first-order valence-electron chi connectivity index (χ1n) is 6.74. The smallest absolute Gasteiger partial charge is 0.221 e. The summed E-state index contributed by atoms with van der Waals surface area (Å²) in [4.78, 5) is 13.5. The third-order valence-electron chi connectivity index (χ3n) is 3.72. The van der Waals surface area contributed by atoms with Crippen molar-refractivity contribution in [3.05, 3.63) is 0 Å². The number of amides is 1. The van der Waals surface area contributed by atoms with Crippen molar-refractivity contribution in [2.75, 3.05) is 19.6 Å². The second-order valence-electron chi connectivity index (χ2n) is 5.05. The molecule has 0 spiro atoms. The van der Waals surface area contributed by atoms with Crippen LogP contribution in [0.15, 0.2) is 0 Å². The molecule has 3 N–H and O–H groups in total. The highest BCUT2D eigenvalue weighted by Gasteiger charge is 2.28. The molecule has 0 aromatic carbocycles. The van der Waals surface area contributed by atoms with Crippen LogP contribution in [0.3, 0.4) is 0 Å². The van der Waals surface area contributed by atoms with Crippen LogP contribution in [-0.2, 0) is 4.79 Å². The Kier molecular flexibility index (Phi) is 6.10. The van der Waals surface area contributed by atoms with Gasteiger partial charge in [-0.2, -0.15) is 5.26 Å². The van der Waals surface area contributed by atoms with Crippen molar-refractivity contribution >= 4 is 5.91 Å². The van der Waals surface area contributed by atoms with Crippen molar-refractivity contribution in [3.8, 4) is 6.07 Å². The number of primary amides is 1. The van der Waals surface area contributed by atoms with Gasteiger partial charge < -0.3 is 11.1 Å². The minimum absolute atomic E-state index is 0.0270. The van der Waals surface area contributed by atoms with E-state index >= 15 is 0 Å². The molecule has 5 nitrogen and oxygen atoms in total. The lowest BCUT2D eigenvalue weighted by molar-refractivity contribution is -0.123. The van der Waals surface area contributed by atoms with Crippen LogP contribution in [-0.4, -0.2) is 42.5 Å². The normalized spacial score (nSPS) is 26.5. The van der Waals surface area contributed by atoms with E-state index in [-0.39, 0.29) is 17.9 Å². The molecular weight excluding hydrogens is 228 g/mol. The van der Waals surface area contributed by atoms with Crippen LogP contribution in [0, 0.1) is 17.2 Å². The quantitative estimate of drug-likeness (QED) is 0.719. The van der Waals surface area contributed by atoms with E-state index < -0.39 is 0 Å². The van der Waals surface area contributed by atoms with E-state index in [9.17, 15) is 4.79 Å². The summed E-state index contributed by atoms with van der Waals surface area (Å²) in [5.41, 5.74) is 5.37. The van der Waals surface area contributed by atoms with Gasteiger partial charge in [0, 0.05) is 19.1 Å². The lowest BCUT2D eigenvalue weighted by Crippen LogP contribution is -2.47. The summed E-state index contributed by atoms with van der Waals surface area (Å²) in [6.45, 7) is 6.55. The summed E-state index contributed by atoms with van der Waals surface area (Å²) in [7, 11) is 0. The summed E-state index contributed by atoms with van der Waals surface area (Å²) in [5, 5.41) is 12.1. The predicted molar refractivity (Wildman–Crippen MR) is 70.6 cm³/mol. The summed E-state index contributed by atoms with van der Waals surface area (Å²) in [6, 6.07) is 2.63. The van der Waals surface area contributed by atoms with Gasteiger partial charge in [0.25, 0.3) is 0 Å². The molecule has 0 radical (unpaired) electrons. The molecule has 1 heterocycles. The topological polar surface area (TPSA) is 82.2 Å². The largest absolute Gasteiger partial charge is 0.369 e. The zero-order chi connectivity index (χ0) is 13.5. The fourth-order valence-electron chi connectivity index (χ4n) is 2.48. The van der Waals surface area contributed by atoms with Crippen LogP contribution in [0.1, 0.15) is 33.1 Å². The Morgan fingerprint density at radius 1 is 1.61 bits per heavy atom. The van der Waals surface area contributed by atoms with Gasteiger partial charge in [0.2, 0.25) is 5.91 Å². The summed E-state index contributed by atoms with van der Waals surface area (Å²) >= 11 is 0. The lowest BCUT2D eigenvalue weighted by Gasteiger charge is -2.37. The Labute approximate surface area is 109 Å². The molecule has 1 rings (SSSR count). The Hall–Kier alpha value is -1.12. The highest BCUT2D eigenvalue weighted by Crippen LogP contribution is 2.21. The summed E-state index contributed by atoms with van der Waals surface area (Å²) < 4.78 is 0. The Morgan fingerprint density at radius 3 is 2.89 bits per heavy atom. The number of nitrogens with one attached hydrogen (secondary N) is 1. The third-order valence-corrected chi connectivity index (χ3v) is 3.72. The number of hydrogen-bond acceptors (Lipinski definition) is 4. The predicted octanol–water partition coefficient (Wildman–Crippen LogP) is 0.464. The summed E-state index contributed by atoms with van der Waals surface area (Å²) in [5.74, 6) is -0.226. The maximum absolute atomic E-state index is 11.2. The van der Waals surface area contributed by atoms with E-state index in [4.69, 9.17) is 11.0 Å². The van der Waals surface area contributed by atoms with Crippen molar-refractivity contribution < 1.29 is 4.79 Å². The number of piperidine rings is 1. The Bertz CT molecular complexity index is 313. The minimum Gasteiger partial charge on any atom is -0.369 e. The molecular formula is C13H24N4O. The van der Waals surface area contributed by atoms with Gasteiger partial charge in [-0.15, -0.1) is 0 Å². The second kappa shape index (κ2) is 7.34. The van der Waals surface area contributed by atoms with Crippen LogP contribution in [0.4, 0.5) is 0 Å². The SMILES string of the molecule is CCNC(C#N)CCN1CC(C(N)=O)CCC1C. The first kappa shape index (κ1) is 14.9. The van der Waals surface area contributed by atoms with Crippen molar-refractivity contribution in [1.82, 2.24) is 10.2 Å². The Morgan fingerprint density at radius 2 is 2.33 bits per heavy atom. The highest BCUT2D eigenvalue weighted by molar-refractivity contribution is 5.76. The number of carbonyl (C=O) groups is 1. The average molecular weight is 252 g/mol. The van der Waals surface area contributed by atoms with Crippen LogP contribution in [0.5, 0.6) is 0 Å². The third kappa shape index (κ3) is 4.28. The van der Waals surface area contributed by atoms with Gasteiger partial charge in [-0.1, -0.05) is 6.92 Å². The molecule has 1 aliphatic heterocycles. The van der Waals surface area contributed by atoms with E-state index in [1.54, 1.807) is 0 Å². The van der Waals surface area contributed by atoms with Gasteiger partial charge in [-0.3, -0.25) is 9.69 Å². The monoisotopic (exact) mass is 252 g/mol. The van der Waals surface area contributed by atoms with Crippen molar-refractivity contribution in [3.63, 3.8) is 0 Å². The molecule has 0 aromatic rings. The number of rotatable bonds is 6. The van der Waals surface area contributed by atoms with E-state index in [0.29, 0.717) is 6.04 Å². The molecule has 1 aliphatic rings. The minimum atomic E-state index is -0.199. The molecule has 3 unspecified atom stereocenters. The van der Waals surface area contributed by atoms with Crippen molar-refractivity contribution in [2.24, 2.45) is 11.7 Å². The number of carbonyl (C=O) groups excluding carboxylic acids is 1. The van der Waals surface area contributed by atoms with Crippen LogP contribution < -0.4 is 11.1 Å². The molecule has 0 saturated carbocycles. The van der Waals surface area contributed by atoms with Crippen molar-refractivity contribution in [2.45, 2.75) is 45.2 Å². The van der Waals surface area contributed by atoms with Crippen molar-refractivity contribution in [1.29, 1.82) is 5.26 Å². The zero-order valence-electron chi connectivity index (χ0n) is 11.4. The van der Waals surface area contributed by atoms with E-state index in [1.807, 2.05) is 6.92 Å². The summed E-state index contributed by atoms with van der Waals surface area (Å²) in [6.07, 6.45) is 2.69. The number of nitrogens with two attached hydrogens (primary N) is 1. The first-order valence-corrected chi connectivity index (χ1v) is 6.74. The van der Waals surface area contributed by atoms with Gasteiger partial charge in [0.15, 0.2) is 0 Å². The van der Waals surface area contributed by atoms with Gasteiger partial charge in [-0.05, 0) is 32.7 Å². The number of hydrogen-bond donors (Lipinski definition) is 2. The second-order valence-corrected chi connectivity index (χ2v) is 5.05. The number of nitrogens with zero attached hydrogens (tertiary/aromatic N) is 2. The Balaban J connectivity index is 2.44. The highest BCUT2D eigenvalue weighted by atomic mass is 16.1. The standard InChI is InChI=1S/C13H24N4O/c1-3-16-12(8-14)6-7-17-9-11(13(15)18)5-4-10(17)2/h10-12,16H,3-7,9H2,1-2H3,(H2,15,18). The molecule has 1 amide bonds. The molecule has 0 aliphatic carbocycles. The molecule has 18 heavy (non-hydrogen) atoms. The van der Waals surface area contributed by atoms with Gasteiger partial charge in [0.05, 0.1) is 18.0 Å². The van der Waals surface area contributed by atoms with Crippen LogP contribution in [0.25, 0.3) is 0 Å². The van der Waals surface area contributed by atoms with Gasteiger partial charge in [-0.25, -0.2) is 0 Å². The average Bonchev–Trinajstić information content (AvgIpc) is 2.35. The fraction of sp³-hybridized carbons (Fsp3) is 0.846. The maximum atomic E-state index is 11.2. The molecule has 1 fully saturated rings. The van der Waals surface area contributed by atoms with E-state index in [0.717, 1.165) is 38.9 Å². The molecule has 102 valence electrons. The van der Waals surface area contributed by atoms with E-state index in [2.05, 4.69) is 23.2 Å². The fourth-order valence-corrected chi connectivity index (χ4v) is 2.48. The number of likely N-dealkylation sites (tertiary alicyclic amines) is 1. The molecule has 0 aromatic heterocycles. The first-order chi connectivity index (χ1) is 8.58. The maximum Gasteiger partial charge on any atom is 0.221 e. The molecule has 1 saturated heterocycles. The molecule has 0 bridgehead atoms. The van der Waals surface area contributed by atoms with E-state index in [1.165, 1.54) is 0 Å². The lowest BCUT2D eigenvalue weighted by atomic mass is 9.92. The zero-order valence-corrected chi connectivity index (χ0v) is 11.4. The van der Waals surface area contributed by atoms with Gasteiger partial charge >= 0.3 is 0 Å². The van der Waals surface area contributed by atoms with Crippen LogP contribution in [0.2, 0.25) is 0 Å². The molecule has 5 heteroatoms. The van der Waals surface area contributed by atoms with Gasteiger partial charge in [0.1, 0.15) is 0 Å². The van der Waals surface area contributed by atoms with Crippen LogP contribution >= 0.6 is 0 Å². The molecule has 3 atom stereocenters.